The highest BCUT2D eigenvalue weighted by Gasteiger charge is 2.69. The first-order valence-corrected chi connectivity index (χ1v) is 16.1. The Balaban J connectivity index is 0.892. The molecule has 4 unspecified atom stereocenters. The number of hydrogen-bond acceptors (Lipinski definition) is 9. The van der Waals surface area contributed by atoms with Crippen molar-refractivity contribution in [1.29, 1.82) is 0 Å². The van der Waals surface area contributed by atoms with E-state index in [4.69, 9.17) is 28.4 Å². The highest BCUT2D eigenvalue weighted by Crippen LogP contribution is 2.69. The second kappa shape index (κ2) is 14.2. The highest BCUT2D eigenvalue weighted by atomic mass is 16.6. The summed E-state index contributed by atoms with van der Waals surface area (Å²) < 4.78 is 32.6. The lowest BCUT2D eigenvalue weighted by Gasteiger charge is -2.55. The van der Waals surface area contributed by atoms with Gasteiger partial charge >= 0.3 is 0 Å². The van der Waals surface area contributed by atoms with E-state index in [0.29, 0.717) is 82.8 Å². The lowest BCUT2D eigenvalue weighted by Crippen LogP contribution is -2.62. The maximum Gasteiger partial charge on any atom is 0.213 e. The number of ether oxygens (including phenoxy) is 6. The Morgan fingerprint density at radius 3 is 2.23 bits per heavy atom. The number of aromatic nitrogens is 1. The molecule has 0 amide bonds. The molecule has 6 rings (SSSR count). The van der Waals surface area contributed by atoms with Crippen LogP contribution in [0.2, 0.25) is 0 Å². The number of pyridine rings is 1. The molecule has 2 spiro atoms. The molecule has 2 aromatic rings. The number of anilines is 2. The van der Waals surface area contributed by atoms with Gasteiger partial charge in [-0.05, 0) is 68.0 Å². The molecule has 1 aliphatic heterocycles. The van der Waals surface area contributed by atoms with Crippen molar-refractivity contribution in [3.63, 3.8) is 0 Å². The molecule has 9 nitrogen and oxygen atoms in total. The summed E-state index contributed by atoms with van der Waals surface area (Å²) in [5.41, 5.74) is 6.25. The Kier molecular flexibility index (Phi) is 10.2. The van der Waals surface area contributed by atoms with E-state index in [1.54, 1.807) is 18.2 Å². The average Bonchev–Trinajstić information content (AvgIpc) is 3.21. The van der Waals surface area contributed by atoms with Gasteiger partial charge in [0, 0.05) is 42.3 Å². The van der Waals surface area contributed by atoms with Gasteiger partial charge in [-0.25, -0.2) is 4.98 Å². The van der Waals surface area contributed by atoms with Crippen molar-refractivity contribution in [3.8, 4) is 5.88 Å². The van der Waals surface area contributed by atoms with Crippen LogP contribution in [0.5, 0.6) is 5.88 Å². The lowest BCUT2D eigenvalue weighted by molar-refractivity contribution is -0.0519. The van der Waals surface area contributed by atoms with Crippen molar-refractivity contribution in [3.05, 3.63) is 47.7 Å². The number of nitrogens with one attached hydrogen (secondary N) is 1. The van der Waals surface area contributed by atoms with Gasteiger partial charge in [-0.2, -0.15) is 0 Å². The van der Waals surface area contributed by atoms with E-state index >= 15 is 0 Å². The molecule has 1 N–H and O–H groups in total. The van der Waals surface area contributed by atoms with Gasteiger partial charge in [-0.15, -0.1) is 0 Å². The quantitative estimate of drug-likeness (QED) is 0.249. The maximum atomic E-state index is 5.77. The minimum absolute atomic E-state index is 0.372. The Bertz CT molecular complexity index is 1180. The second-order valence-corrected chi connectivity index (χ2v) is 12.8. The van der Waals surface area contributed by atoms with E-state index in [1.807, 2.05) is 18.3 Å². The first-order chi connectivity index (χ1) is 21.1. The summed E-state index contributed by atoms with van der Waals surface area (Å²) in [5.74, 6) is 1.41. The number of likely N-dealkylation sites (tertiary alicyclic amines) is 1. The van der Waals surface area contributed by atoms with Crippen LogP contribution in [0.3, 0.4) is 0 Å². The molecule has 2 saturated carbocycles. The van der Waals surface area contributed by atoms with Crippen LogP contribution in [0.4, 0.5) is 11.4 Å². The third-order valence-corrected chi connectivity index (χ3v) is 10.1. The molecule has 1 saturated heterocycles. The summed E-state index contributed by atoms with van der Waals surface area (Å²) in [5, 5.41) is 3.61. The van der Waals surface area contributed by atoms with Crippen LogP contribution in [-0.4, -0.2) is 103 Å². The molecule has 1 aromatic heterocycles. The fourth-order valence-electron chi connectivity index (χ4n) is 8.63. The molecular weight excluding hydrogens is 546 g/mol. The van der Waals surface area contributed by atoms with Crippen molar-refractivity contribution < 1.29 is 28.4 Å². The molecule has 3 aliphatic carbocycles. The van der Waals surface area contributed by atoms with E-state index in [0.717, 1.165) is 23.3 Å². The van der Waals surface area contributed by atoms with Gasteiger partial charge in [-0.1, -0.05) is 18.9 Å². The average molecular weight is 596 g/mol. The molecule has 3 fully saturated rings. The predicted molar refractivity (Wildman–Crippen MR) is 165 cm³/mol. The Labute approximate surface area is 256 Å². The van der Waals surface area contributed by atoms with E-state index in [1.165, 1.54) is 45.1 Å². The number of hydrogen-bond donors (Lipinski definition) is 1. The van der Waals surface area contributed by atoms with E-state index < -0.39 is 0 Å². The first kappa shape index (κ1) is 30.7. The number of rotatable bonds is 18. The molecule has 236 valence electrons. The van der Waals surface area contributed by atoms with Crippen molar-refractivity contribution in [2.75, 3.05) is 92.1 Å². The van der Waals surface area contributed by atoms with Crippen LogP contribution in [0, 0.1) is 11.3 Å². The zero-order valence-electron chi connectivity index (χ0n) is 26.0. The summed E-state index contributed by atoms with van der Waals surface area (Å²) in [6.07, 6.45) is 9.99. The molecule has 2 heterocycles. The topological polar surface area (TPSA) is 83.5 Å². The summed E-state index contributed by atoms with van der Waals surface area (Å²) in [7, 11) is 4.01. The summed E-state index contributed by atoms with van der Waals surface area (Å²) >= 11 is 0. The van der Waals surface area contributed by atoms with Crippen LogP contribution in [0.1, 0.15) is 43.2 Å². The smallest absolute Gasteiger partial charge is 0.213 e. The third kappa shape index (κ3) is 6.72. The predicted octanol–water partition coefficient (Wildman–Crippen LogP) is 4.61. The highest BCUT2D eigenvalue weighted by molar-refractivity contribution is 5.63. The largest absolute Gasteiger partial charge is 0.475 e. The number of nitrogens with zero attached hydrogens (tertiary/aromatic N) is 2. The lowest BCUT2D eigenvalue weighted by atomic mass is 9.60. The second-order valence-electron chi connectivity index (χ2n) is 12.8. The zero-order chi connectivity index (χ0) is 29.5. The van der Waals surface area contributed by atoms with Crippen molar-refractivity contribution in [2.24, 2.45) is 11.3 Å². The van der Waals surface area contributed by atoms with Gasteiger partial charge in [0.15, 0.2) is 0 Å². The number of methoxy groups -OCH3 is 1. The fraction of sp³-hybridized carbons (Fsp3) is 0.676. The van der Waals surface area contributed by atoms with Crippen LogP contribution in [0.15, 0.2) is 36.5 Å². The molecule has 4 aliphatic rings. The molecule has 9 heteroatoms. The van der Waals surface area contributed by atoms with Gasteiger partial charge in [0.25, 0.3) is 0 Å². The van der Waals surface area contributed by atoms with Crippen molar-refractivity contribution in [1.82, 2.24) is 9.88 Å². The molecular formula is C34H49N3O6. The number of benzene rings is 1. The van der Waals surface area contributed by atoms with E-state index in [2.05, 4.69) is 40.4 Å². The molecule has 2 bridgehead atoms. The normalized spacial score (nSPS) is 27.2. The van der Waals surface area contributed by atoms with Crippen molar-refractivity contribution in [2.45, 2.75) is 50.0 Å². The fourth-order valence-corrected chi connectivity index (χ4v) is 8.63. The zero-order valence-corrected chi connectivity index (χ0v) is 26.0. The summed E-state index contributed by atoms with van der Waals surface area (Å²) in [6.45, 7) is 6.63. The third-order valence-electron chi connectivity index (χ3n) is 10.1. The summed E-state index contributed by atoms with van der Waals surface area (Å²) in [4.78, 5) is 7.16. The maximum absolute atomic E-state index is 5.77. The minimum atomic E-state index is 0.372. The SMILES string of the molecule is COCCOCCOCCOCCOCCOc1ccc(Nc2ccc3c(c2)C24CCCCC2C2N(C)CC2(C3)C4)cn1. The monoisotopic (exact) mass is 595 g/mol. The number of fused-ring (bicyclic) bond motifs is 2. The van der Waals surface area contributed by atoms with Gasteiger partial charge in [0.1, 0.15) is 6.61 Å². The van der Waals surface area contributed by atoms with Crippen LogP contribution in [0.25, 0.3) is 0 Å². The molecule has 43 heavy (non-hydrogen) atoms. The molecule has 0 radical (unpaired) electrons. The van der Waals surface area contributed by atoms with Crippen LogP contribution < -0.4 is 10.1 Å². The Morgan fingerprint density at radius 1 is 0.860 bits per heavy atom. The van der Waals surface area contributed by atoms with E-state index in [9.17, 15) is 0 Å². The van der Waals surface area contributed by atoms with E-state index in [-0.39, 0.29) is 0 Å². The first-order valence-electron chi connectivity index (χ1n) is 16.1. The van der Waals surface area contributed by atoms with Gasteiger partial charge in [0.05, 0.1) is 71.3 Å². The Morgan fingerprint density at radius 2 is 1.56 bits per heavy atom. The van der Waals surface area contributed by atoms with Gasteiger partial charge < -0.3 is 38.6 Å². The van der Waals surface area contributed by atoms with Gasteiger partial charge in [0.2, 0.25) is 5.88 Å². The standard InChI is InChI=1S/C34H49N3O6/c1-37-25-33-22-26-6-7-27(21-30(26)34(24-33)10-4-3-5-29(34)32(33)37)36-28-8-9-31(35-23-28)43-20-19-42-18-17-41-16-15-40-14-13-39-12-11-38-2/h6-9,21,23,29,32,36H,3-5,10-20,22,24-25H2,1-2H3. The molecule has 1 aromatic carbocycles. The molecule has 4 atom stereocenters. The van der Waals surface area contributed by atoms with Crippen molar-refractivity contribution >= 4 is 11.4 Å². The minimum Gasteiger partial charge on any atom is -0.475 e. The van der Waals surface area contributed by atoms with Gasteiger partial charge in [-0.3, -0.25) is 0 Å². The van der Waals surface area contributed by atoms with Crippen LogP contribution >= 0.6 is 0 Å². The van der Waals surface area contributed by atoms with Crippen LogP contribution in [-0.2, 0) is 35.5 Å². The Hall–Kier alpha value is -2.27. The summed E-state index contributed by atoms with van der Waals surface area (Å²) in [6, 6.07) is 11.8.